The van der Waals surface area contributed by atoms with Gasteiger partial charge >= 0.3 is 0 Å². The molecule has 5 heteroatoms. The van der Waals surface area contributed by atoms with E-state index in [1.54, 1.807) is 36.3 Å². The third-order valence-corrected chi connectivity index (χ3v) is 4.73. The molecule has 0 radical (unpaired) electrons. The van der Waals surface area contributed by atoms with Crippen LogP contribution in [0.2, 0.25) is 0 Å². The number of ether oxygens (including phenoxy) is 1. The average Bonchev–Trinajstić information content (AvgIpc) is 2.93. The largest absolute Gasteiger partial charge is 0.507 e. The smallest absolute Gasteiger partial charge is 0.295 e. The Bertz CT molecular complexity index is 899. The van der Waals surface area contributed by atoms with Crippen molar-refractivity contribution >= 4 is 17.4 Å². The standard InChI is InChI=1S/C22H23NO4/c1-4-12-23-19(16-7-5-6-14(2)13-16)18(21(25)22(23)26)20(24)15-8-10-17(27-3)11-9-15/h5-11,13,19,24H,4,12H2,1-3H3/b20-18-. The number of aliphatic hydroxyl groups excluding tert-OH is 1. The number of aryl methyl sites for hydroxylation is 1. The summed E-state index contributed by atoms with van der Waals surface area (Å²) in [6.45, 7) is 4.36. The monoisotopic (exact) mass is 365 g/mol. The molecule has 1 aliphatic rings. The molecule has 3 rings (SSSR count). The minimum Gasteiger partial charge on any atom is -0.507 e. The van der Waals surface area contributed by atoms with E-state index in [2.05, 4.69) is 0 Å². The summed E-state index contributed by atoms with van der Waals surface area (Å²) >= 11 is 0. The fourth-order valence-corrected chi connectivity index (χ4v) is 3.44. The van der Waals surface area contributed by atoms with Gasteiger partial charge in [0.2, 0.25) is 0 Å². The van der Waals surface area contributed by atoms with Crippen LogP contribution in [0.3, 0.4) is 0 Å². The summed E-state index contributed by atoms with van der Waals surface area (Å²) in [7, 11) is 1.56. The van der Waals surface area contributed by atoms with Crippen LogP contribution >= 0.6 is 0 Å². The number of Topliss-reactive ketones (excluding diaryl/α,β-unsaturated/α-hetero) is 1. The summed E-state index contributed by atoms with van der Waals surface area (Å²) in [6.07, 6.45) is 0.720. The zero-order chi connectivity index (χ0) is 19.6. The molecule has 0 spiro atoms. The van der Waals surface area contributed by atoms with Gasteiger partial charge in [0.15, 0.2) is 0 Å². The van der Waals surface area contributed by atoms with Crippen LogP contribution in [0.4, 0.5) is 0 Å². The molecule has 140 valence electrons. The van der Waals surface area contributed by atoms with Gasteiger partial charge in [-0.15, -0.1) is 0 Å². The molecular formula is C22H23NO4. The second-order valence-electron chi connectivity index (χ2n) is 6.64. The van der Waals surface area contributed by atoms with Crippen molar-refractivity contribution in [1.82, 2.24) is 4.90 Å². The number of rotatable bonds is 5. The number of hydrogen-bond acceptors (Lipinski definition) is 4. The Morgan fingerprint density at radius 3 is 2.44 bits per heavy atom. The number of likely N-dealkylation sites (tertiary alicyclic amines) is 1. The molecule has 1 N–H and O–H groups in total. The summed E-state index contributed by atoms with van der Waals surface area (Å²) in [4.78, 5) is 26.9. The fourth-order valence-electron chi connectivity index (χ4n) is 3.44. The molecule has 27 heavy (non-hydrogen) atoms. The molecule has 0 saturated carbocycles. The molecule has 0 bridgehead atoms. The van der Waals surface area contributed by atoms with Crippen LogP contribution in [0.15, 0.2) is 54.1 Å². The van der Waals surface area contributed by atoms with Crippen molar-refractivity contribution in [2.24, 2.45) is 0 Å². The maximum atomic E-state index is 12.8. The van der Waals surface area contributed by atoms with Gasteiger partial charge in [-0.1, -0.05) is 36.8 Å². The van der Waals surface area contributed by atoms with Gasteiger partial charge in [-0.3, -0.25) is 9.59 Å². The summed E-state index contributed by atoms with van der Waals surface area (Å²) in [6, 6.07) is 13.9. The third-order valence-electron chi connectivity index (χ3n) is 4.73. The molecule has 1 saturated heterocycles. The average molecular weight is 365 g/mol. The predicted octanol–water partition coefficient (Wildman–Crippen LogP) is 3.84. The zero-order valence-corrected chi connectivity index (χ0v) is 15.7. The number of nitrogens with zero attached hydrogens (tertiary/aromatic N) is 1. The number of methoxy groups -OCH3 is 1. The first-order valence-electron chi connectivity index (χ1n) is 8.97. The van der Waals surface area contributed by atoms with Crippen molar-refractivity contribution in [2.45, 2.75) is 26.3 Å². The number of carbonyl (C=O) groups is 2. The maximum Gasteiger partial charge on any atom is 0.295 e. The number of amides is 1. The minimum absolute atomic E-state index is 0.129. The molecule has 1 unspecified atom stereocenters. The van der Waals surface area contributed by atoms with E-state index < -0.39 is 17.7 Å². The van der Waals surface area contributed by atoms with Gasteiger partial charge < -0.3 is 14.7 Å². The molecule has 1 amide bonds. The number of hydrogen-bond donors (Lipinski definition) is 1. The molecule has 5 nitrogen and oxygen atoms in total. The fraction of sp³-hybridized carbons (Fsp3) is 0.273. The topological polar surface area (TPSA) is 66.8 Å². The molecule has 1 fully saturated rings. The summed E-state index contributed by atoms with van der Waals surface area (Å²) in [5, 5.41) is 10.9. The SMILES string of the molecule is CCCN1C(=O)C(=O)/C(=C(\O)c2ccc(OC)cc2)C1c1cccc(C)c1. The molecule has 0 aliphatic carbocycles. The first-order valence-corrected chi connectivity index (χ1v) is 8.97. The second-order valence-corrected chi connectivity index (χ2v) is 6.64. The molecule has 1 aliphatic heterocycles. The molecule has 1 heterocycles. The first-order chi connectivity index (χ1) is 13.0. The van der Waals surface area contributed by atoms with E-state index in [1.165, 1.54) is 0 Å². The van der Waals surface area contributed by atoms with Gasteiger partial charge in [0.25, 0.3) is 11.7 Å². The van der Waals surface area contributed by atoms with Crippen molar-refractivity contribution in [2.75, 3.05) is 13.7 Å². The number of carbonyl (C=O) groups excluding carboxylic acids is 2. The minimum atomic E-state index is -0.650. The highest BCUT2D eigenvalue weighted by atomic mass is 16.5. The highest BCUT2D eigenvalue weighted by Gasteiger charge is 2.45. The van der Waals surface area contributed by atoms with Gasteiger partial charge in [-0.2, -0.15) is 0 Å². The van der Waals surface area contributed by atoms with E-state index in [0.717, 1.165) is 17.5 Å². The lowest BCUT2D eigenvalue weighted by atomic mass is 9.94. The van der Waals surface area contributed by atoms with E-state index in [9.17, 15) is 14.7 Å². The number of benzene rings is 2. The van der Waals surface area contributed by atoms with Crippen molar-refractivity contribution in [3.05, 3.63) is 70.8 Å². The van der Waals surface area contributed by atoms with Crippen LogP contribution in [0.5, 0.6) is 5.75 Å². The zero-order valence-electron chi connectivity index (χ0n) is 15.7. The van der Waals surface area contributed by atoms with Gasteiger partial charge in [-0.05, 0) is 43.2 Å². The van der Waals surface area contributed by atoms with Crippen LogP contribution in [-0.2, 0) is 9.59 Å². The second kappa shape index (κ2) is 7.66. The highest BCUT2D eigenvalue weighted by Crippen LogP contribution is 2.39. The molecule has 2 aromatic carbocycles. The Kier molecular flexibility index (Phi) is 5.31. The lowest BCUT2D eigenvalue weighted by molar-refractivity contribution is -0.139. The molecular weight excluding hydrogens is 342 g/mol. The third kappa shape index (κ3) is 3.45. The normalized spacial score (nSPS) is 18.8. The summed E-state index contributed by atoms with van der Waals surface area (Å²) < 4.78 is 5.14. The van der Waals surface area contributed by atoms with Gasteiger partial charge in [-0.25, -0.2) is 0 Å². The lowest BCUT2D eigenvalue weighted by Gasteiger charge is -2.25. The van der Waals surface area contributed by atoms with Crippen LogP contribution < -0.4 is 4.74 Å². The van der Waals surface area contributed by atoms with Crippen LogP contribution in [0, 0.1) is 6.92 Å². The van der Waals surface area contributed by atoms with Gasteiger partial charge in [0.1, 0.15) is 11.5 Å². The Labute approximate surface area is 158 Å². The Hall–Kier alpha value is -3.08. The molecule has 1 atom stereocenters. The van der Waals surface area contributed by atoms with Gasteiger partial charge in [0, 0.05) is 12.1 Å². The number of aliphatic hydroxyl groups is 1. The lowest BCUT2D eigenvalue weighted by Crippen LogP contribution is -2.30. The predicted molar refractivity (Wildman–Crippen MR) is 103 cm³/mol. The van der Waals surface area contributed by atoms with Crippen molar-refractivity contribution < 1.29 is 19.4 Å². The van der Waals surface area contributed by atoms with Crippen LogP contribution in [-0.4, -0.2) is 35.4 Å². The highest BCUT2D eigenvalue weighted by molar-refractivity contribution is 6.46. The van der Waals surface area contributed by atoms with Crippen molar-refractivity contribution in [3.63, 3.8) is 0 Å². The van der Waals surface area contributed by atoms with E-state index in [4.69, 9.17) is 4.74 Å². The maximum absolute atomic E-state index is 12.8. The first kappa shape index (κ1) is 18.7. The summed E-state index contributed by atoms with van der Waals surface area (Å²) in [5.41, 5.74) is 2.45. The van der Waals surface area contributed by atoms with Crippen LogP contribution in [0.25, 0.3) is 5.76 Å². The Morgan fingerprint density at radius 1 is 1.15 bits per heavy atom. The summed E-state index contributed by atoms with van der Waals surface area (Å²) in [5.74, 6) is -0.740. The molecule has 2 aromatic rings. The van der Waals surface area contributed by atoms with Crippen molar-refractivity contribution in [3.8, 4) is 5.75 Å². The quantitative estimate of drug-likeness (QED) is 0.497. The van der Waals surface area contributed by atoms with Gasteiger partial charge in [0.05, 0.1) is 18.7 Å². The van der Waals surface area contributed by atoms with E-state index in [1.807, 2.05) is 38.1 Å². The Balaban J connectivity index is 2.16. The van der Waals surface area contributed by atoms with Crippen LogP contribution in [0.1, 0.15) is 36.1 Å². The van der Waals surface area contributed by atoms with E-state index in [-0.39, 0.29) is 11.3 Å². The van der Waals surface area contributed by atoms with E-state index >= 15 is 0 Å². The number of ketones is 1. The van der Waals surface area contributed by atoms with E-state index in [0.29, 0.717) is 17.9 Å². The van der Waals surface area contributed by atoms with Crippen molar-refractivity contribution in [1.29, 1.82) is 0 Å². The Morgan fingerprint density at radius 2 is 1.85 bits per heavy atom. The molecule has 0 aromatic heterocycles.